The second-order valence-corrected chi connectivity index (χ2v) is 4.60. The van der Waals surface area contributed by atoms with Crippen LogP contribution in [0.1, 0.15) is 11.6 Å². The Bertz CT molecular complexity index is 492. The van der Waals surface area contributed by atoms with Crippen molar-refractivity contribution in [2.45, 2.75) is 6.04 Å². The Morgan fingerprint density at radius 3 is 2.42 bits per heavy atom. The van der Waals surface area contributed by atoms with Crippen molar-refractivity contribution >= 4 is 0 Å². The minimum absolute atomic E-state index is 0.0916. The molecule has 0 amide bonds. The van der Waals surface area contributed by atoms with Crippen LogP contribution in [0.4, 0.5) is 0 Å². The first-order valence-corrected chi connectivity index (χ1v) is 6.09. The Kier molecular flexibility index (Phi) is 3.93. The molecule has 0 radical (unpaired) electrons. The zero-order valence-electron chi connectivity index (χ0n) is 11.4. The summed E-state index contributed by atoms with van der Waals surface area (Å²) in [4.78, 5) is 0. The van der Waals surface area contributed by atoms with Crippen molar-refractivity contribution in [2.75, 3.05) is 34.5 Å². The van der Waals surface area contributed by atoms with Gasteiger partial charge in [-0.25, -0.2) is 0 Å². The molecule has 1 heterocycles. The maximum absolute atomic E-state index is 9.40. The summed E-state index contributed by atoms with van der Waals surface area (Å²) < 4.78 is 15.7. The molecule has 5 nitrogen and oxygen atoms in total. The van der Waals surface area contributed by atoms with Crippen molar-refractivity contribution < 1.29 is 14.2 Å². The van der Waals surface area contributed by atoms with Crippen molar-refractivity contribution in [3.05, 3.63) is 23.8 Å². The first kappa shape index (κ1) is 13.7. The maximum Gasteiger partial charge on any atom is 0.161 e. The molecule has 1 aromatic rings. The van der Waals surface area contributed by atoms with Gasteiger partial charge in [-0.15, -0.1) is 0 Å². The monoisotopic (exact) mass is 262 g/mol. The zero-order valence-corrected chi connectivity index (χ0v) is 11.4. The summed E-state index contributed by atoms with van der Waals surface area (Å²) in [5.41, 5.74) is 0.485. The molecule has 0 aromatic heterocycles. The number of nitrogens with one attached hydrogen (secondary N) is 1. The number of rotatable bonds is 5. The van der Waals surface area contributed by atoms with Gasteiger partial charge in [0.15, 0.2) is 11.5 Å². The lowest BCUT2D eigenvalue weighted by molar-refractivity contribution is -0.0964. The third-order valence-electron chi connectivity index (χ3n) is 3.52. The van der Waals surface area contributed by atoms with E-state index in [4.69, 9.17) is 14.2 Å². The SMILES string of the molecule is CNC(c1ccc(OC)c(OC)c1)C1(C#N)COC1. The highest BCUT2D eigenvalue weighted by Crippen LogP contribution is 2.41. The van der Waals surface area contributed by atoms with Crippen LogP contribution in [0.15, 0.2) is 18.2 Å². The molecule has 19 heavy (non-hydrogen) atoms. The molecule has 2 rings (SSSR count). The van der Waals surface area contributed by atoms with Crippen LogP contribution in [0.5, 0.6) is 11.5 Å². The van der Waals surface area contributed by atoms with Gasteiger partial charge in [0.25, 0.3) is 0 Å². The van der Waals surface area contributed by atoms with Gasteiger partial charge in [-0.3, -0.25) is 0 Å². The predicted molar refractivity (Wildman–Crippen MR) is 70.2 cm³/mol. The largest absolute Gasteiger partial charge is 0.493 e. The fraction of sp³-hybridized carbons (Fsp3) is 0.500. The van der Waals surface area contributed by atoms with Crippen LogP contribution in [0, 0.1) is 16.7 Å². The Labute approximate surface area is 113 Å². The van der Waals surface area contributed by atoms with Gasteiger partial charge >= 0.3 is 0 Å². The van der Waals surface area contributed by atoms with Crippen LogP contribution in [0.25, 0.3) is 0 Å². The molecule has 1 saturated heterocycles. The summed E-state index contributed by atoms with van der Waals surface area (Å²) in [7, 11) is 5.05. The molecular weight excluding hydrogens is 244 g/mol. The zero-order chi connectivity index (χ0) is 13.9. The van der Waals surface area contributed by atoms with E-state index in [2.05, 4.69) is 11.4 Å². The first-order chi connectivity index (χ1) is 9.20. The molecule has 0 saturated carbocycles. The van der Waals surface area contributed by atoms with E-state index >= 15 is 0 Å². The molecule has 1 atom stereocenters. The normalized spacial score (nSPS) is 18.0. The first-order valence-electron chi connectivity index (χ1n) is 6.09. The standard InChI is InChI=1S/C14H18N2O3/c1-16-13(14(7-15)8-19-9-14)10-4-5-11(17-2)12(6-10)18-3/h4-6,13,16H,8-9H2,1-3H3. The Morgan fingerprint density at radius 1 is 1.32 bits per heavy atom. The summed E-state index contributed by atoms with van der Waals surface area (Å²) >= 11 is 0. The minimum atomic E-state index is -0.506. The van der Waals surface area contributed by atoms with Crippen molar-refractivity contribution in [3.63, 3.8) is 0 Å². The van der Waals surface area contributed by atoms with E-state index < -0.39 is 5.41 Å². The molecule has 1 unspecified atom stereocenters. The van der Waals surface area contributed by atoms with Crippen LogP contribution in [0.3, 0.4) is 0 Å². The molecule has 0 aliphatic carbocycles. The summed E-state index contributed by atoms with van der Waals surface area (Å²) in [6, 6.07) is 7.97. The topological polar surface area (TPSA) is 63.5 Å². The fourth-order valence-corrected chi connectivity index (χ4v) is 2.41. The molecule has 0 spiro atoms. The van der Waals surface area contributed by atoms with Crippen molar-refractivity contribution in [1.82, 2.24) is 5.32 Å². The van der Waals surface area contributed by atoms with Crippen LogP contribution in [0.2, 0.25) is 0 Å². The van der Waals surface area contributed by atoms with E-state index in [0.717, 1.165) is 5.56 Å². The number of methoxy groups -OCH3 is 2. The average Bonchev–Trinajstić information content (AvgIpc) is 2.42. The molecule has 1 fully saturated rings. The quantitative estimate of drug-likeness (QED) is 0.871. The van der Waals surface area contributed by atoms with Gasteiger partial charge in [0.2, 0.25) is 0 Å². The molecule has 102 valence electrons. The number of nitrogens with zero attached hydrogens (tertiary/aromatic N) is 1. The van der Waals surface area contributed by atoms with Gasteiger partial charge in [0, 0.05) is 0 Å². The van der Waals surface area contributed by atoms with Gasteiger partial charge in [-0.2, -0.15) is 5.26 Å². The molecular formula is C14H18N2O3. The Morgan fingerprint density at radius 2 is 2.00 bits per heavy atom. The Balaban J connectivity index is 2.36. The van der Waals surface area contributed by atoms with Crippen molar-refractivity contribution in [2.24, 2.45) is 5.41 Å². The molecule has 1 aromatic carbocycles. The number of ether oxygens (including phenoxy) is 3. The molecule has 5 heteroatoms. The fourth-order valence-electron chi connectivity index (χ4n) is 2.41. The van der Waals surface area contributed by atoms with E-state index in [9.17, 15) is 5.26 Å². The van der Waals surface area contributed by atoms with Crippen LogP contribution >= 0.6 is 0 Å². The summed E-state index contributed by atoms with van der Waals surface area (Å²) in [6.45, 7) is 0.896. The number of hydrogen-bond donors (Lipinski definition) is 1. The minimum Gasteiger partial charge on any atom is -0.493 e. The van der Waals surface area contributed by atoms with Crippen molar-refractivity contribution in [3.8, 4) is 17.6 Å². The van der Waals surface area contributed by atoms with Crippen LogP contribution < -0.4 is 14.8 Å². The van der Waals surface area contributed by atoms with Gasteiger partial charge in [-0.1, -0.05) is 6.07 Å². The highest BCUT2D eigenvalue weighted by atomic mass is 16.5. The van der Waals surface area contributed by atoms with E-state index in [0.29, 0.717) is 24.7 Å². The number of benzene rings is 1. The number of hydrogen-bond acceptors (Lipinski definition) is 5. The van der Waals surface area contributed by atoms with Crippen molar-refractivity contribution in [1.29, 1.82) is 5.26 Å². The third-order valence-corrected chi connectivity index (χ3v) is 3.52. The third kappa shape index (κ3) is 2.25. The maximum atomic E-state index is 9.40. The lowest BCUT2D eigenvalue weighted by Crippen LogP contribution is -2.50. The lowest BCUT2D eigenvalue weighted by Gasteiger charge is -2.41. The predicted octanol–water partition coefficient (Wildman–Crippen LogP) is 1.50. The van der Waals surface area contributed by atoms with E-state index in [1.165, 1.54) is 0 Å². The van der Waals surface area contributed by atoms with Gasteiger partial charge in [0.05, 0.1) is 39.5 Å². The smallest absolute Gasteiger partial charge is 0.161 e. The summed E-state index contributed by atoms with van der Waals surface area (Å²) in [6.07, 6.45) is 0. The lowest BCUT2D eigenvalue weighted by atomic mass is 9.76. The van der Waals surface area contributed by atoms with Crippen LogP contribution in [-0.2, 0) is 4.74 Å². The van der Waals surface area contributed by atoms with E-state index in [-0.39, 0.29) is 6.04 Å². The van der Waals surface area contributed by atoms with Gasteiger partial charge in [0.1, 0.15) is 5.41 Å². The Hall–Kier alpha value is -1.77. The van der Waals surface area contributed by atoms with E-state index in [1.807, 2.05) is 25.2 Å². The highest BCUT2D eigenvalue weighted by Gasteiger charge is 2.46. The second-order valence-electron chi connectivity index (χ2n) is 4.60. The summed E-state index contributed by atoms with van der Waals surface area (Å²) in [5.74, 6) is 1.34. The molecule has 1 aliphatic rings. The number of nitriles is 1. The second kappa shape index (κ2) is 5.47. The van der Waals surface area contributed by atoms with Gasteiger partial charge in [-0.05, 0) is 24.7 Å². The summed E-state index contributed by atoms with van der Waals surface area (Å²) in [5, 5.41) is 12.6. The molecule has 1 aliphatic heterocycles. The molecule has 1 N–H and O–H groups in total. The average molecular weight is 262 g/mol. The molecule has 0 bridgehead atoms. The highest BCUT2D eigenvalue weighted by molar-refractivity contribution is 5.44. The van der Waals surface area contributed by atoms with E-state index in [1.54, 1.807) is 14.2 Å². The van der Waals surface area contributed by atoms with Crippen LogP contribution in [-0.4, -0.2) is 34.5 Å². The van der Waals surface area contributed by atoms with Gasteiger partial charge < -0.3 is 19.5 Å².